The Kier molecular flexibility index (Phi) is 3.51. The van der Waals surface area contributed by atoms with Crippen LogP contribution in [0.2, 0.25) is 0 Å². The molecule has 3 aromatic rings. The van der Waals surface area contributed by atoms with E-state index < -0.39 is 0 Å². The molecule has 0 aliphatic heterocycles. The topological polar surface area (TPSA) is 66.0 Å². The van der Waals surface area contributed by atoms with Crippen molar-refractivity contribution in [3.05, 3.63) is 70.1 Å². The van der Waals surface area contributed by atoms with Gasteiger partial charge in [0.2, 0.25) is 0 Å². The summed E-state index contributed by atoms with van der Waals surface area (Å²) in [4.78, 5) is 18.7. The Morgan fingerprint density at radius 1 is 1.00 bits per heavy atom. The van der Waals surface area contributed by atoms with Crippen molar-refractivity contribution in [2.75, 3.05) is 0 Å². The molecule has 0 amide bonds. The Hall–Kier alpha value is -2.88. The van der Waals surface area contributed by atoms with Crippen LogP contribution in [-0.4, -0.2) is 15.1 Å². The van der Waals surface area contributed by atoms with E-state index in [1.807, 2.05) is 50.2 Å². The zero-order valence-electron chi connectivity index (χ0n) is 12.4. The number of H-pyrrole nitrogens is 1. The van der Waals surface area contributed by atoms with Gasteiger partial charge in [0.15, 0.2) is 0 Å². The zero-order chi connectivity index (χ0) is 15.7. The van der Waals surface area contributed by atoms with Crippen molar-refractivity contribution >= 4 is 0 Å². The lowest BCUT2D eigenvalue weighted by atomic mass is 10.0. The van der Waals surface area contributed by atoms with Crippen molar-refractivity contribution in [1.82, 2.24) is 9.97 Å². The summed E-state index contributed by atoms with van der Waals surface area (Å²) in [5.41, 5.74) is 4.54. The molecule has 4 nitrogen and oxygen atoms in total. The van der Waals surface area contributed by atoms with E-state index in [1.165, 1.54) is 0 Å². The number of phenols is 1. The molecule has 0 fully saturated rings. The summed E-state index contributed by atoms with van der Waals surface area (Å²) < 4.78 is 0. The third kappa shape index (κ3) is 2.63. The van der Waals surface area contributed by atoms with Gasteiger partial charge in [-0.05, 0) is 49.2 Å². The maximum atomic E-state index is 11.9. The second kappa shape index (κ2) is 5.48. The standard InChI is InChI=1S/C18H16N2O2/c1-11-5-3-4-6-14(11)16-10-15(19-18(22)20-16)13-7-8-17(21)12(2)9-13/h3-10,21H,1-2H3,(H,19,20,22). The summed E-state index contributed by atoms with van der Waals surface area (Å²) in [5.74, 6) is 0.229. The lowest BCUT2D eigenvalue weighted by Gasteiger charge is -2.08. The predicted molar refractivity (Wildman–Crippen MR) is 86.9 cm³/mol. The van der Waals surface area contributed by atoms with Crippen LogP contribution in [0.5, 0.6) is 5.75 Å². The molecule has 0 unspecified atom stereocenters. The van der Waals surface area contributed by atoms with E-state index in [1.54, 1.807) is 12.1 Å². The van der Waals surface area contributed by atoms with Crippen LogP contribution in [0.1, 0.15) is 11.1 Å². The van der Waals surface area contributed by atoms with Crippen LogP contribution >= 0.6 is 0 Å². The van der Waals surface area contributed by atoms with Gasteiger partial charge in [0, 0.05) is 11.1 Å². The third-order valence-electron chi connectivity index (χ3n) is 3.67. The molecular weight excluding hydrogens is 276 g/mol. The van der Waals surface area contributed by atoms with Gasteiger partial charge in [-0.25, -0.2) is 4.79 Å². The molecule has 0 aliphatic carbocycles. The van der Waals surface area contributed by atoms with Crippen molar-refractivity contribution in [1.29, 1.82) is 0 Å². The van der Waals surface area contributed by atoms with Crippen LogP contribution in [0, 0.1) is 13.8 Å². The Morgan fingerprint density at radius 3 is 2.50 bits per heavy atom. The summed E-state index contributed by atoms with van der Waals surface area (Å²) in [5, 5.41) is 9.63. The average molecular weight is 292 g/mol. The molecular formula is C18H16N2O2. The van der Waals surface area contributed by atoms with E-state index in [0.717, 1.165) is 27.9 Å². The average Bonchev–Trinajstić information content (AvgIpc) is 2.50. The first-order valence-corrected chi connectivity index (χ1v) is 7.02. The van der Waals surface area contributed by atoms with Crippen LogP contribution in [0.3, 0.4) is 0 Å². The first-order chi connectivity index (χ1) is 10.5. The predicted octanol–water partition coefficient (Wildman–Crippen LogP) is 3.43. The number of phenolic OH excluding ortho intramolecular Hbond substituents is 1. The summed E-state index contributed by atoms with van der Waals surface area (Å²) in [6, 6.07) is 14.9. The minimum Gasteiger partial charge on any atom is -0.508 e. The quantitative estimate of drug-likeness (QED) is 0.760. The summed E-state index contributed by atoms with van der Waals surface area (Å²) in [6.45, 7) is 3.81. The smallest absolute Gasteiger partial charge is 0.345 e. The SMILES string of the molecule is Cc1cc(-c2cc(-c3ccccc3C)[nH]c(=O)n2)ccc1O. The van der Waals surface area contributed by atoms with Crippen molar-refractivity contribution in [2.24, 2.45) is 0 Å². The van der Waals surface area contributed by atoms with Crippen molar-refractivity contribution < 1.29 is 5.11 Å². The molecule has 22 heavy (non-hydrogen) atoms. The highest BCUT2D eigenvalue weighted by Crippen LogP contribution is 2.26. The molecule has 0 radical (unpaired) electrons. The van der Waals surface area contributed by atoms with Gasteiger partial charge < -0.3 is 10.1 Å². The second-order valence-electron chi connectivity index (χ2n) is 5.30. The first kappa shape index (κ1) is 14.1. The Labute approximate surface area is 128 Å². The van der Waals surface area contributed by atoms with Crippen molar-refractivity contribution in [2.45, 2.75) is 13.8 Å². The van der Waals surface area contributed by atoms with Gasteiger partial charge in [-0.15, -0.1) is 0 Å². The van der Waals surface area contributed by atoms with Gasteiger partial charge in [0.25, 0.3) is 0 Å². The van der Waals surface area contributed by atoms with E-state index in [9.17, 15) is 9.90 Å². The van der Waals surface area contributed by atoms with Crippen LogP contribution in [0.25, 0.3) is 22.5 Å². The van der Waals surface area contributed by atoms with E-state index in [-0.39, 0.29) is 11.4 Å². The van der Waals surface area contributed by atoms with Crippen molar-refractivity contribution in [3.8, 4) is 28.3 Å². The number of hydrogen-bond acceptors (Lipinski definition) is 3. The molecule has 0 saturated carbocycles. The Balaban J connectivity index is 2.17. The maximum Gasteiger partial charge on any atom is 0.345 e. The molecule has 110 valence electrons. The number of aromatic nitrogens is 2. The molecule has 1 aromatic heterocycles. The first-order valence-electron chi connectivity index (χ1n) is 7.02. The van der Waals surface area contributed by atoms with Gasteiger partial charge in [0.05, 0.1) is 11.4 Å². The van der Waals surface area contributed by atoms with Gasteiger partial charge in [-0.2, -0.15) is 4.98 Å². The molecule has 4 heteroatoms. The molecule has 2 N–H and O–H groups in total. The summed E-state index contributed by atoms with van der Waals surface area (Å²) >= 11 is 0. The van der Waals surface area contributed by atoms with E-state index in [0.29, 0.717) is 5.69 Å². The maximum absolute atomic E-state index is 11.9. The molecule has 0 bridgehead atoms. The van der Waals surface area contributed by atoms with Gasteiger partial charge in [0.1, 0.15) is 5.75 Å². The van der Waals surface area contributed by atoms with Crippen LogP contribution < -0.4 is 5.69 Å². The molecule has 1 heterocycles. The normalized spacial score (nSPS) is 10.6. The molecule has 2 aromatic carbocycles. The van der Waals surface area contributed by atoms with E-state index in [2.05, 4.69) is 9.97 Å². The highest BCUT2D eigenvalue weighted by atomic mass is 16.3. The van der Waals surface area contributed by atoms with E-state index in [4.69, 9.17) is 0 Å². The Bertz CT molecular complexity index is 898. The number of nitrogens with one attached hydrogen (secondary N) is 1. The summed E-state index contributed by atoms with van der Waals surface area (Å²) in [7, 11) is 0. The van der Waals surface area contributed by atoms with Crippen molar-refractivity contribution in [3.63, 3.8) is 0 Å². The molecule has 0 aliphatic rings. The molecule has 0 atom stereocenters. The zero-order valence-corrected chi connectivity index (χ0v) is 12.4. The number of benzene rings is 2. The van der Waals surface area contributed by atoms with Crippen LogP contribution in [0.4, 0.5) is 0 Å². The second-order valence-corrected chi connectivity index (χ2v) is 5.30. The van der Waals surface area contributed by atoms with Crippen LogP contribution in [-0.2, 0) is 0 Å². The number of hydrogen-bond donors (Lipinski definition) is 2. The van der Waals surface area contributed by atoms with Gasteiger partial charge >= 0.3 is 5.69 Å². The summed E-state index contributed by atoms with van der Waals surface area (Å²) in [6.07, 6.45) is 0. The molecule has 0 saturated heterocycles. The molecule has 0 spiro atoms. The fourth-order valence-electron chi connectivity index (χ4n) is 2.44. The monoisotopic (exact) mass is 292 g/mol. The molecule has 3 rings (SSSR count). The van der Waals surface area contributed by atoms with Gasteiger partial charge in [-0.1, -0.05) is 24.3 Å². The minimum atomic E-state index is -0.388. The van der Waals surface area contributed by atoms with Crippen LogP contribution in [0.15, 0.2) is 53.3 Å². The fourth-order valence-corrected chi connectivity index (χ4v) is 2.44. The van der Waals surface area contributed by atoms with E-state index >= 15 is 0 Å². The number of aryl methyl sites for hydroxylation is 2. The largest absolute Gasteiger partial charge is 0.508 e. The Morgan fingerprint density at radius 2 is 1.77 bits per heavy atom. The third-order valence-corrected chi connectivity index (χ3v) is 3.67. The van der Waals surface area contributed by atoms with Gasteiger partial charge in [-0.3, -0.25) is 0 Å². The lowest BCUT2D eigenvalue weighted by molar-refractivity contribution is 0.471. The highest BCUT2D eigenvalue weighted by molar-refractivity contribution is 5.70. The highest BCUT2D eigenvalue weighted by Gasteiger charge is 2.08. The number of aromatic amines is 1. The number of aromatic hydroxyl groups is 1. The number of nitrogens with zero attached hydrogens (tertiary/aromatic N) is 1. The number of rotatable bonds is 2. The lowest BCUT2D eigenvalue weighted by Crippen LogP contribution is -2.12. The fraction of sp³-hybridized carbons (Fsp3) is 0.111. The minimum absolute atomic E-state index is 0.229.